The van der Waals surface area contributed by atoms with Gasteiger partial charge in [0.25, 0.3) is 0 Å². The summed E-state index contributed by atoms with van der Waals surface area (Å²) in [6, 6.07) is 1.96. The molecule has 154 valence electrons. The maximum atomic E-state index is 12.9. The van der Waals surface area contributed by atoms with Gasteiger partial charge in [-0.15, -0.1) is 0 Å². The third-order valence-electron chi connectivity index (χ3n) is 6.09. The number of aryl methyl sites for hydroxylation is 1. The summed E-state index contributed by atoms with van der Waals surface area (Å²) >= 11 is 0. The molecule has 0 unspecified atom stereocenters. The van der Waals surface area contributed by atoms with Crippen molar-refractivity contribution in [2.24, 2.45) is 17.6 Å². The maximum absolute atomic E-state index is 12.9. The van der Waals surface area contributed by atoms with Gasteiger partial charge in [0.1, 0.15) is 23.8 Å². The first-order chi connectivity index (χ1) is 14.0. The van der Waals surface area contributed by atoms with Crippen molar-refractivity contribution in [2.75, 3.05) is 31.1 Å². The van der Waals surface area contributed by atoms with Crippen molar-refractivity contribution in [1.29, 1.82) is 0 Å². The van der Waals surface area contributed by atoms with Crippen LogP contribution in [0.5, 0.6) is 0 Å². The molecule has 0 aliphatic carbocycles. The number of hydrogen-bond donors (Lipinski definition) is 1. The molecule has 9 heteroatoms. The monoisotopic (exact) mass is 397 g/mol. The first-order valence-corrected chi connectivity index (χ1v) is 10.2. The van der Waals surface area contributed by atoms with Crippen molar-refractivity contribution in [2.45, 2.75) is 32.6 Å². The Bertz CT molecular complexity index is 880. The molecule has 0 bridgehead atoms. The summed E-state index contributed by atoms with van der Waals surface area (Å²) in [5.74, 6) is 2.45. The minimum Gasteiger partial charge on any atom is -0.369 e. The molecule has 0 atom stereocenters. The van der Waals surface area contributed by atoms with Gasteiger partial charge in [0.2, 0.25) is 11.8 Å². The minimum absolute atomic E-state index is 0.0357. The Labute approximate surface area is 169 Å². The number of primary amides is 1. The van der Waals surface area contributed by atoms with Crippen molar-refractivity contribution >= 4 is 17.6 Å². The molecule has 2 saturated heterocycles. The molecule has 2 N–H and O–H groups in total. The number of aromatic nitrogens is 4. The molecule has 2 aromatic heterocycles. The smallest absolute Gasteiger partial charge is 0.225 e. The zero-order valence-corrected chi connectivity index (χ0v) is 16.7. The third kappa shape index (κ3) is 4.08. The Morgan fingerprint density at radius 3 is 2.24 bits per heavy atom. The second kappa shape index (κ2) is 8.18. The van der Waals surface area contributed by atoms with Crippen LogP contribution in [-0.4, -0.2) is 62.4 Å². The molecule has 9 nitrogen and oxygen atoms in total. The second-order valence-corrected chi connectivity index (χ2v) is 7.84. The molecular formula is C20H27N7O2. The van der Waals surface area contributed by atoms with Crippen LogP contribution in [-0.2, 0) is 9.59 Å². The van der Waals surface area contributed by atoms with Gasteiger partial charge in [0, 0.05) is 56.5 Å². The van der Waals surface area contributed by atoms with Crippen molar-refractivity contribution in [3.05, 3.63) is 30.6 Å². The molecule has 2 aromatic rings. The number of imidazole rings is 1. The van der Waals surface area contributed by atoms with E-state index in [1.165, 1.54) is 0 Å². The Kier molecular flexibility index (Phi) is 5.46. The average molecular weight is 397 g/mol. The van der Waals surface area contributed by atoms with Crippen LogP contribution in [0.2, 0.25) is 0 Å². The molecular weight excluding hydrogens is 370 g/mol. The van der Waals surface area contributed by atoms with E-state index in [-0.39, 0.29) is 23.7 Å². The molecule has 2 fully saturated rings. The predicted octanol–water partition coefficient (Wildman–Crippen LogP) is 0.911. The van der Waals surface area contributed by atoms with E-state index in [1.807, 2.05) is 28.7 Å². The summed E-state index contributed by atoms with van der Waals surface area (Å²) in [6.07, 6.45) is 8.17. The van der Waals surface area contributed by atoms with E-state index in [9.17, 15) is 9.59 Å². The van der Waals surface area contributed by atoms with Crippen LogP contribution in [0.3, 0.4) is 0 Å². The average Bonchev–Trinajstić information content (AvgIpc) is 3.19. The highest BCUT2D eigenvalue weighted by molar-refractivity contribution is 5.80. The van der Waals surface area contributed by atoms with Crippen LogP contribution in [0.4, 0.5) is 5.82 Å². The van der Waals surface area contributed by atoms with Crippen LogP contribution in [0.1, 0.15) is 31.5 Å². The number of likely N-dealkylation sites (tertiary alicyclic amines) is 1. The molecule has 4 heterocycles. The molecule has 0 aromatic carbocycles. The van der Waals surface area contributed by atoms with E-state index >= 15 is 0 Å². The summed E-state index contributed by atoms with van der Waals surface area (Å²) in [6.45, 7) is 4.77. The van der Waals surface area contributed by atoms with Gasteiger partial charge in [-0.3, -0.25) is 14.2 Å². The van der Waals surface area contributed by atoms with Crippen molar-refractivity contribution in [3.63, 3.8) is 0 Å². The molecule has 2 aliphatic rings. The largest absolute Gasteiger partial charge is 0.369 e. The Morgan fingerprint density at radius 2 is 1.62 bits per heavy atom. The van der Waals surface area contributed by atoms with Crippen LogP contribution >= 0.6 is 0 Å². The molecule has 0 radical (unpaired) electrons. The summed E-state index contributed by atoms with van der Waals surface area (Å²) in [4.78, 5) is 41.3. The van der Waals surface area contributed by atoms with Crippen molar-refractivity contribution in [3.8, 4) is 5.82 Å². The third-order valence-corrected chi connectivity index (χ3v) is 6.09. The molecule has 0 saturated carbocycles. The SMILES string of the molecule is Cc1nccn1-c1cc(N2CCC(C(=O)N3CCC(C(N)=O)CC3)CC2)ncn1. The van der Waals surface area contributed by atoms with E-state index in [0.29, 0.717) is 25.9 Å². The van der Waals surface area contributed by atoms with Gasteiger partial charge in [-0.1, -0.05) is 0 Å². The van der Waals surface area contributed by atoms with Gasteiger partial charge in [0.15, 0.2) is 0 Å². The van der Waals surface area contributed by atoms with E-state index < -0.39 is 0 Å². The van der Waals surface area contributed by atoms with Crippen LogP contribution in [0, 0.1) is 18.8 Å². The van der Waals surface area contributed by atoms with Gasteiger partial charge < -0.3 is 15.5 Å². The number of rotatable bonds is 4. The van der Waals surface area contributed by atoms with Gasteiger partial charge in [-0.05, 0) is 32.6 Å². The first-order valence-electron chi connectivity index (χ1n) is 10.2. The van der Waals surface area contributed by atoms with Crippen molar-refractivity contribution < 1.29 is 9.59 Å². The van der Waals surface area contributed by atoms with Gasteiger partial charge in [0.05, 0.1) is 0 Å². The van der Waals surface area contributed by atoms with E-state index in [2.05, 4.69) is 19.9 Å². The summed E-state index contributed by atoms with van der Waals surface area (Å²) in [7, 11) is 0. The predicted molar refractivity (Wildman–Crippen MR) is 107 cm³/mol. The lowest BCUT2D eigenvalue weighted by Crippen LogP contribution is -2.47. The minimum atomic E-state index is -0.250. The Hall–Kier alpha value is -2.97. The standard InChI is InChI=1S/C20H27N7O2/c1-14-22-6-11-27(14)18-12-17(23-13-24-18)25-7-4-16(5-8-25)20(29)26-9-2-15(3-10-26)19(21)28/h6,11-13,15-16H,2-5,7-10H2,1H3,(H2,21,28). The quantitative estimate of drug-likeness (QED) is 0.821. The molecule has 2 aliphatic heterocycles. The second-order valence-electron chi connectivity index (χ2n) is 7.84. The van der Waals surface area contributed by atoms with E-state index in [1.54, 1.807) is 12.5 Å². The van der Waals surface area contributed by atoms with Gasteiger partial charge in [-0.25, -0.2) is 15.0 Å². The summed E-state index contributed by atoms with van der Waals surface area (Å²) in [5.41, 5.74) is 5.39. The van der Waals surface area contributed by atoms with Crippen LogP contribution in [0.25, 0.3) is 5.82 Å². The van der Waals surface area contributed by atoms with E-state index in [4.69, 9.17) is 5.73 Å². The summed E-state index contributed by atoms with van der Waals surface area (Å²) in [5, 5.41) is 0. The first kappa shape index (κ1) is 19.4. The molecule has 2 amide bonds. The van der Waals surface area contributed by atoms with Crippen LogP contribution < -0.4 is 10.6 Å². The number of nitrogens with zero attached hydrogens (tertiary/aromatic N) is 6. The number of hydrogen-bond acceptors (Lipinski definition) is 6. The lowest BCUT2D eigenvalue weighted by molar-refractivity contribution is -0.139. The molecule has 4 rings (SSSR count). The fraction of sp³-hybridized carbons (Fsp3) is 0.550. The Balaban J connectivity index is 1.35. The fourth-order valence-corrected chi connectivity index (χ4v) is 4.26. The highest BCUT2D eigenvalue weighted by Gasteiger charge is 2.32. The number of piperidine rings is 2. The maximum Gasteiger partial charge on any atom is 0.225 e. The zero-order chi connectivity index (χ0) is 20.4. The molecule has 0 spiro atoms. The summed E-state index contributed by atoms with van der Waals surface area (Å²) < 4.78 is 1.93. The van der Waals surface area contributed by atoms with Crippen LogP contribution in [0.15, 0.2) is 24.8 Å². The number of amides is 2. The zero-order valence-electron chi connectivity index (χ0n) is 16.7. The lowest BCUT2D eigenvalue weighted by Gasteiger charge is -2.37. The topological polar surface area (TPSA) is 110 Å². The fourth-order valence-electron chi connectivity index (χ4n) is 4.26. The number of anilines is 1. The number of nitrogens with two attached hydrogens (primary N) is 1. The normalized spacial score (nSPS) is 18.8. The molecule has 29 heavy (non-hydrogen) atoms. The number of carbonyl (C=O) groups is 2. The number of carbonyl (C=O) groups excluding carboxylic acids is 2. The highest BCUT2D eigenvalue weighted by atomic mass is 16.2. The lowest BCUT2D eigenvalue weighted by atomic mass is 9.92. The van der Waals surface area contributed by atoms with Crippen molar-refractivity contribution in [1.82, 2.24) is 24.4 Å². The Morgan fingerprint density at radius 1 is 0.966 bits per heavy atom. The highest BCUT2D eigenvalue weighted by Crippen LogP contribution is 2.26. The van der Waals surface area contributed by atoms with Gasteiger partial charge in [-0.2, -0.15) is 0 Å². The van der Waals surface area contributed by atoms with E-state index in [0.717, 1.165) is 43.4 Å². The van der Waals surface area contributed by atoms with Gasteiger partial charge >= 0.3 is 0 Å².